The molecule has 0 heterocycles. The van der Waals surface area contributed by atoms with Crippen molar-refractivity contribution in [3.05, 3.63) is 12.2 Å². The molecular formula is C9H12O3. The molecule has 0 aromatic rings. The SMILES string of the molecule is COC(=O)[C@H]1C=CC(=O)C[C@@H]1C. The lowest BCUT2D eigenvalue weighted by atomic mass is 9.85. The summed E-state index contributed by atoms with van der Waals surface area (Å²) in [4.78, 5) is 22.0. The smallest absolute Gasteiger partial charge is 0.312 e. The van der Waals surface area contributed by atoms with Gasteiger partial charge in [0.2, 0.25) is 0 Å². The lowest BCUT2D eigenvalue weighted by molar-refractivity contribution is -0.145. The lowest BCUT2D eigenvalue weighted by Gasteiger charge is -2.20. The van der Waals surface area contributed by atoms with E-state index in [4.69, 9.17) is 0 Å². The molecule has 0 N–H and O–H groups in total. The lowest BCUT2D eigenvalue weighted by Crippen LogP contribution is -2.26. The molecule has 12 heavy (non-hydrogen) atoms. The average Bonchev–Trinajstić information content (AvgIpc) is 2.03. The predicted molar refractivity (Wildman–Crippen MR) is 43.4 cm³/mol. The number of carbonyl (C=O) groups is 2. The van der Waals surface area contributed by atoms with Crippen LogP contribution < -0.4 is 0 Å². The standard InChI is InChI=1S/C9H12O3/c1-6-5-7(10)3-4-8(6)9(11)12-2/h3-4,6,8H,5H2,1-2H3/t6-,8-/m0/s1. The number of methoxy groups -OCH3 is 1. The zero-order chi connectivity index (χ0) is 9.14. The summed E-state index contributed by atoms with van der Waals surface area (Å²) in [5.41, 5.74) is 0. The number of allylic oxidation sites excluding steroid dienone is 1. The summed E-state index contributed by atoms with van der Waals surface area (Å²) in [5.74, 6) is -0.350. The summed E-state index contributed by atoms with van der Waals surface area (Å²) >= 11 is 0. The Kier molecular flexibility index (Phi) is 2.63. The van der Waals surface area contributed by atoms with E-state index in [0.29, 0.717) is 6.42 Å². The van der Waals surface area contributed by atoms with Crippen molar-refractivity contribution in [3.63, 3.8) is 0 Å². The Morgan fingerprint density at radius 2 is 2.33 bits per heavy atom. The predicted octanol–water partition coefficient (Wildman–Crippen LogP) is 0.941. The minimum atomic E-state index is -0.258. The Labute approximate surface area is 71.4 Å². The highest BCUT2D eigenvalue weighted by Crippen LogP contribution is 2.23. The maximum Gasteiger partial charge on any atom is 0.312 e. The maximum absolute atomic E-state index is 11.1. The first kappa shape index (κ1) is 8.97. The maximum atomic E-state index is 11.1. The minimum absolute atomic E-state index is 0.0648. The third-order valence-corrected chi connectivity index (χ3v) is 2.10. The van der Waals surface area contributed by atoms with Gasteiger partial charge in [-0.3, -0.25) is 9.59 Å². The van der Waals surface area contributed by atoms with Crippen molar-refractivity contribution < 1.29 is 14.3 Å². The van der Waals surface area contributed by atoms with Crippen molar-refractivity contribution in [2.45, 2.75) is 13.3 Å². The van der Waals surface area contributed by atoms with E-state index in [0.717, 1.165) is 0 Å². The molecule has 0 radical (unpaired) electrons. The van der Waals surface area contributed by atoms with Crippen LogP contribution in [0.4, 0.5) is 0 Å². The highest BCUT2D eigenvalue weighted by Gasteiger charge is 2.27. The second kappa shape index (κ2) is 3.52. The van der Waals surface area contributed by atoms with Crippen LogP contribution in [-0.2, 0) is 14.3 Å². The van der Waals surface area contributed by atoms with E-state index < -0.39 is 0 Å². The molecule has 0 amide bonds. The van der Waals surface area contributed by atoms with Gasteiger partial charge in [-0.15, -0.1) is 0 Å². The third kappa shape index (κ3) is 1.72. The molecule has 0 aromatic heterocycles. The van der Waals surface area contributed by atoms with Crippen molar-refractivity contribution in [2.24, 2.45) is 11.8 Å². The number of carbonyl (C=O) groups excluding carboxylic acids is 2. The van der Waals surface area contributed by atoms with Gasteiger partial charge in [-0.05, 0) is 12.0 Å². The molecule has 0 aromatic carbocycles. The van der Waals surface area contributed by atoms with E-state index in [9.17, 15) is 9.59 Å². The number of rotatable bonds is 1. The molecule has 3 nitrogen and oxygen atoms in total. The summed E-state index contributed by atoms with van der Waals surface area (Å²) in [6.45, 7) is 1.88. The first-order valence-corrected chi connectivity index (χ1v) is 3.94. The summed E-state index contributed by atoms with van der Waals surface area (Å²) in [6, 6.07) is 0. The van der Waals surface area contributed by atoms with Crippen LogP contribution in [0.5, 0.6) is 0 Å². The first-order chi connectivity index (χ1) is 5.65. The number of hydrogen-bond donors (Lipinski definition) is 0. The zero-order valence-corrected chi connectivity index (χ0v) is 7.24. The molecule has 0 bridgehead atoms. The van der Waals surface area contributed by atoms with Crippen molar-refractivity contribution in [3.8, 4) is 0 Å². The van der Waals surface area contributed by atoms with Gasteiger partial charge < -0.3 is 4.74 Å². The Bertz CT molecular complexity index is 230. The fourth-order valence-corrected chi connectivity index (χ4v) is 1.36. The average molecular weight is 168 g/mol. The Morgan fingerprint density at radius 3 is 2.83 bits per heavy atom. The molecule has 0 saturated carbocycles. The summed E-state index contributed by atoms with van der Waals surface area (Å²) in [5, 5.41) is 0. The van der Waals surface area contributed by atoms with E-state index in [1.54, 1.807) is 6.08 Å². The fraction of sp³-hybridized carbons (Fsp3) is 0.556. The number of hydrogen-bond acceptors (Lipinski definition) is 3. The summed E-state index contributed by atoms with van der Waals surface area (Å²) in [6.07, 6.45) is 3.53. The van der Waals surface area contributed by atoms with Crippen molar-refractivity contribution in [2.75, 3.05) is 7.11 Å². The van der Waals surface area contributed by atoms with E-state index in [2.05, 4.69) is 4.74 Å². The van der Waals surface area contributed by atoms with Crippen LogP contribution in [-0.4, -0.2) is 18.9 Å². The van der Waals surface area contributed by atoms with Gasteiger partial charge >= 0.3 is 5.97 Å². The molecule has 0 aliphatic heterocycles. The van der Waals surface area contributed by atoms with E-state index in [1.807, 2.05) is 6.92 Å². The highest BCUT2D eigenvalue weighted by molar-refractivity contribution is 5.92. The molecule has 0 unspecified atom stereocenters. The number of esters is 1. The summed E-state index contributed by atoms with van der Waals surface area (Å²) < 4.78 is 4.59. The van der Waals surface area contributed by atoms with E-state index in [1.165, 1.54) is 13.2 Å². The van der Waals surface area contributed by atoms with Gasteiger partial charge in [-0.1, -0.05) is 13.0 Å². The first-order valence-electron chi connectivity index (χ1n) is 3.94. The van der Waals surface area contributed by atoms with Gasteiger partial charge in [0.25, 0.3) is 0 Å². The topological polar surface area (TPSA) is 43.4 Å². The Hall–Kier alpha value is -1.12. The number of ketones is 1. The van der Waals surface area contributed by atoms with Gasteiger partial charge in [0.05, 0.1) is 13.0 Å². The van der Waals surface area contributed by atoms with Crippen molar-refractivity contribution in [1.29, 1.82) is 0 Å². The highest BCUT2D eigenvalue weighted by atomic mass is 16.5. The number of ether oxygens (including phenoxy) is 1. The van der Waals surface area contributed by atoms with E-state index >= 15 is 0 Å². The Balaban J connectivity index is 2.72. The quantitative estimate of drug-likeness (QED) is 0.547. The van der Waals surface area contributed by atoms with Crippen LogP contribution in [0.1, 0.15) is 13.3 Å². The molecule has 2 atom stereocenters. The molecule has 1 aliphatic carbocycles. The monoisotopic (exact) mass is 168 g/mol. The van der Waals surface area contributed by atoms with E-state index in [-0.39, 0.29) is 23.6 Å². The molecule has 0 spiro atoms. The normalized spacial score (nSPS) is 28.7. The Morgan fingerprint density at radius 1 is 1.67 bits per heavy atom. The van der Waals surface area contributed by atoms with Gasteiger partial charge in [-0.2, -0.15) is 0 Å². The van der Waals surface area contributed by atoms with Gasteiger partial charge in [0.1, 0.15) is 0 Å². The minimum Gasteiger partial charge on any atom is -0.469 e. The van der Waals surface area contributed by atoms with Gasteiger partial charge in [-0.25, -0.2) is 0 Å². The molecule has 0 saturated heterocycles. The molecule has 1 rings (SSSR count). The van der Waals surface area contributed by atoms with Crippen LogP contribution in [0.2, 0.25) is 0 Å². The molecule has 1 aliphatic rings. The second-order valence-corrected chi connectivity index (χ2v) is 3.06. The molecule has 3 heteroatoms. The largest absolute Gasteiger partial charge is 0.469 e. The van der Waals surface area contributed by atoms with Crippen molar-refractivity contribution in [1.82, 2.24) is 0 Å². The van der Waals surface area contributed by atoms with Crippen LogP contribution in [0.3, 0.4) is 0 Å². The van der Waals surface area contributed by atoms with Crippen LogP contribution in [0, 0.1) is 11.8 Å². The molecule has 66 valence electrons. The molecule has 0 fully saturated rings. The fourth-order valence-electron chi connectivity index (χ4n) is 1.36. The van der Waals surface area contributed by atoms with Crippen LogP contribution in [0.25, 0.3) is 0 Å². The van der Waals surface area contributed by atoms with Gasteiger partial charge in [0.15, 0.2) is 5.78 Å². The van der Waals surface area contributed by atoms with Crippen LogP contribution >= 0.6 is 0 Å². The second-order valence-electron chi connectivity index (χ2n) is 3.06. The third-order valence-electron chi connectivity index (χ3n) is 2.10. The van der Waals surface area contributed by atoms with Crippen LogP contribution in [0.15, 0.2) is 12.2 Å². The van der Waals surface area contributed by atoms with Gasteiger partial charge in [0, 0.05) is 6.42 Å². The summed E-state index contributed by atoms with van der Waals surface area (Å²) in [7, 11) is 1.36. The molecular weight excluding hydrogens is 156 g/mol. The van der Waals surface area contributed by atoms with Crippen molar-refractivity contribution >= 4 is 11.8 Å². The zero-order valence-electron chi connectivity index (χ0n) is 7.24.